The van der Waals surface area contributed by atoms with E-state index < -0.39 is 0 Å². The minimum atomic E-state index is -0.0567. The van der Waals surface area contributed by atoms with Gasteiger partial charge < -0.3 is 24.8 Å². The fraction of sp³-hybridized carbons (Fsp3) is 0.667. The Hall–Kier alpha value is -1.99. The molecule has 0 spiro atoms. The summed E-state index contributed by atoms with van der Waals surface area (Å²) in [6, 6.07) is 6.25. The molecule has 7 nitrogen and oxygen atoms in total. The monoisotopic (exact) mass is 392 g/mol. The van der Waals surface area contributed by atoms with Gasteiger partial charge in [0.1, 0.15) is 0 Å². The van der Waals surface area contributed by atoms with Crippen LogP contribution < -0.4 is 20.1 Å². The first-order chi connectivity index (χ1) is 13.4. The molecule has 2 N–H and O–H groups in total. The molecule has 2 rings (SSSR count). The Kier molecular flexibility index (Phi) is 8.38. The number of ether oxygens (including phenoxy) is 3. The van der Waals surface area contributed by atoms with Crippen LogP contribution in [0.5, 0.6) is 11.5 Å². The lowest BCUT2D eigenvalue weighted by Gasteiger charge is -2.34. The van der Waals surface area contributed by atoms with E-state index in [4.69, 9.17) is 19.2 Å². The molecule has 0 aliphatic carbocycles. The summed E-state index contributed by atoms with van der Waals surface area (Å²) in [6.45, 7) is 13.2. The molecule has 1 heterocycles. The number of rotatable bonds is 7. The van der Waals surface area contributed by atoms with Crippen molar-refractivity contribution in [2.75, 3.05) is 53.6 Å². The second-order valence-corrected chi connectivity index (χ2v) is 7.87. The topological polar surface area (TPSA) is 67.4 Å². The first-order valence-corrected chi connectivity index (χ1v) is 9.98. The lowest BCUT2D eigenvalue weighted by Crippen LogP contribution is -2.48. The van der Waals surface area contributed by atoms with Crippen LogP contribution in [0.4, 0.5) is 0 Å². The quantitative estimate of drug-likeness (QED) is 0.549. The maximum absolute atomic E-state index is 5.55. The summed E-state index contributed by atoms with van der Waals surface area (Å²) in [5.74, 6) is 2.30. The highest BCUT2D eigenvalue weighted by Crippen LogP contribution is 2.32. The van der Waals surface area contributed by atoms with Gasteiger partial charge in [-0.05, 0) is 45.4 Å². The van der Waals surface area contributed by atoms with Crippen LogP contribution in [0, 0.1) is 0 Å². The van der Waals surface area contributed by atoms with Gasteiger partial charge in [0.25, 0.3) is 0 Å². The second kappa shape index (κ2) is 10.5. The molecular formula is C21H36N4O3. The van der Waals surface area contributed by atoms with Gasteiger partial charge in [0.2, 0.25) is 0 Å². The van der Waals surface area contributed by atoms with Gasteiger partial charge >= 0.3 is 0 Å². The van der Waals surface area contributed by atoms with Crippen LogP contribution in [0.25, 0.3) is 0 Å². The summed E-state index contributed by atoms with van der Waals surface area (Å²) in [7, 11) is 3.32. The summed E-state index contributed by atoms with van der Waals surface area (Å²) in [5, 5.41) is 6.80. The fourth-order valence-electron chi connectivity index (χ4n) is 3.22. The molecule has 0 saturated carbocycles. The molecule has 1 aromatic carbocycles. The minimum absolute atomic E-state index is 0.0567. The van der Waals surface area contributed by atoms with E-state index in [9.17, 15) is 0 Å². The SMILES string of the molecule is CCNC(=NCC(c1ccc(OC)c(OC)c1)N1CCOCC1)NC(C)(C)C. The van der Waals surface area contributed by atoms with Crippen molar-refractivity contribution in [1.29, 1.82) is 0 Å². The van der Waals surface area contributed by atoms with Crippen molar-refractivity contribution in [3.8, 4) is 11.5 Å². The number of guanidine groups is 1. The molecule has 1 unspecified atom stereocenters. The number of methoxy groups -OCH3 is 2. The van der Waals surface area contributed by atoms with Crippen molar-refractivity contribution in [2.24, 2.45) is 4.99 Å². The summed E-state index contributed by atoms with van der Waals surface area (Å²) in [5.41, 5.74) is 1.11. The molecular weight excluding hydrogens is 356 g/mol. The lowest BCUT2D eigenvalue weighted by atomic mass is 10.0. The maximum Gasteiger partial charge on any atom is 0.191 e. The predicted molar refractivity (Wildman–Crippen MR) is 114 cm³/mol. The van der Waals surface area contributed by atoms with E-state index in [0.717, 1.165) is 55.9 Å². The minimum Gasteiger partial charge on any atom is -0.493 e. The molecule has 0 radical (unpaired) electrons. The van der Waals surface area contributed by atoms with Crippen molar-refractivity contribution < 1.29 is 14.2 Å². The number of aliphatic imine (C=N–C) groups is 1. The molecule has 1 aliphatic rings. The Morgan fingerprint density at radius 3 is 2.43 bits per heavy atom. The fourth-order valence-corrected chi connectivity index (χ4v) is 3.22. The number of morpholine rings is 1. The van der Waals surface area contributed by atoms with Gasteiger partial charge in [-0.3, -0.25) is 9.89 Å². The first kappa shape index (κ1) is 22.3. The van der Waals surface area contributed by atoms with Crippen molar-refractivity contribution in [2.45, 2.75) is 39.3 Å². The van der Waals surface area contributed by atoms with Crippen LogP contribution in [0.1, 0.15) is 39.3 Å². The Morgan fingerprint density at radius 2 is 1.86 bits per heavy atom. The van der Waals surface area contributed by atoms with Crippen LogP contribution in [0.2, 0.25) is 0 Å². The number of hydrogen-bond donors (Lipinski definition) is 2. The summed E-state index contributed by atoms with van der Waals surface area (Å²) >= 11 is 0. The van der Waals surface area contributed by atoms with Crippen molar-refractivity contribution in [1.82, 2.24) is 15.5 Å². The lowest BCUT2D eigenvalue weighted by molar-refractivity contribution is 0.0179. The molecule has 1 fully saturated rings. The Bertz CT molecular complexity index is 637. The van der Waals surface area contributed by atoms with Crippen LogP contribution in [-0.4, -0.2) is 70.0 Å². The van der Waals surface area contributed by atoms with E-state index >= 15 is 0 Å². The highest BCUT2D eigenvalue weighted by molar-refractivity contribution is 5.80. The molecule has 158 valence electrons. The van der Waals surface area contributed by atoms with Gasteiger partial charge in [-0.2, -0.15) is 0 Å². The molecule has 0 amide bonds. The van der Waals surface area contributed by atoms with E-state index in [2.05, 4.69) is 55.4 Å². The van der Waals surface area contributed by atoms with Gasteiger partial charge in [-0.25, -0.2) is 0 Å². The van der Waals surface area contributed by atoms with Crippen LogP contribution >= 0.6 is 0 Å². The summed E-state index contributed by atoms with van der Waals surface area (Å²) in [6.07, 6.45) is 0. The summed E-state index contributed by atoms with van der Waals surface area (Å²) in [4.78, 5) is 7.31. The second-order valence-electron chi connectivity index (χ2n) is 7.87. The van der Waals surface area contributed by atoms with E-state index in [1.54, 1.807) is 14.2 Å². The van der Waals surface area contributed by atoms with Gasteiger partial charge in [-0.15, -0.1) is 0 Å². The molecule has 1 aliphatic heterocycles. The van der Waals surface area contributed by atoms with Crippen molar-refractivity contribution in [3.05, 3.63) is 23.8 Å². The van der Waals surface area contributed by atoms with Crippen LogP contribution in [0.3, 0.4) is 0 Å². The van der Waals surface area contributed by atoms with Crippen LogP contribution in [0.15, 0.2) is 23.2 Å². The third-order valence-electron chi connectivity index (χ3n) is 4.54. The normalized spacial score (nSPS) is 17.1. The molecule has 1 aromatic rings. The van der Waals surface area contributed by atoms with E-state index in [0.29, 0.717) is 6.54 Å². The first-order valence-electron chi connectivity index (χ1n) is 9.98. The number of nitrogens with zero attached hydrogens (tertiary/aromatic N) is 2. The van der Waals surface area contributed by atoms with Crippen molar-refractivity contribution >= 4 is 5.96 Å². The predicted octanol–water partition coefficient (Wildman–Crippen LogP) is 2.43. The molecule has 28 heavy (non-hydrogen) atoms. The third-order valence-corrected chi connectivity index (χ3v) is 4.54. The van der Waals surface area contributed by atoms with Crippen molar-refractivity contribution in [3.63, 3.8) is 0 Å². The zero-order chi connectivity index (χ0) is 20.6. The average molecular weight is 393 g/mol. The average Bonchev–Trinajstić information content (AvgIpc) is 2.67. The molecule has 1 saturated heterocycles. The van der Waals surface area contributed by atoms with Gasteiger partial charge in [0.05, 0.1) is 40.0 Å². The molecule has 7 heteroatoms. The zero-order valence-corrected chi connectivity index (χ0v) is 18.2. The number of benzene rings is 1. The van der Waals surface area contributed by atoms with E-state index in [1.165, 1.54) is 0 Å². The molecule has 1 atom stereocenters. The Morgan fingerprint density at radius 1 is 1.18 bits per heavy atom. The summed E-state index contributed by atoms with van der Waals surface area (Å²) < 4.78 is 16.5. The largest absolute Gasteiger partial charge is 0.493 e. The highest BCUT2D eigenvalue weighted by Gasteiger charge is 2.24. The van der Waals surface area contributed by atoms with Crippen LogP contribution in [-0.2, 0) is 4.74 Å². The number of nitrogens with one attached hydrogen (secondary N) is 2. The van der Waals surface area contributed by atoms with E-state index in [-0.39, 0.29) is 11.6 Å². The zero-order valence-electron chi connectivity index (χ0n) is 18.2. The smallest absolute Gasteiger partial charge is 0.191 e. The number of hydrogen-bond acceptors (Lipinski definition) is 5. The highest BCUT2D eigenvalue weighted by atomic mass is 16.5. The van der Waals surface area contributed by atoms with Gasteiger partial charge in [0.15, 0.2) is 17.5 Å². The Balaban J connectivity index is 2.30. The standard InChI is InChI=1S/C21H36N4O3/c1-7-22-20(24-21(2,3)4)23-15-17(25-10-12-28-13-11-25)16-8-9-18(26-5)19(14-16)27-6/h8-9,14,17H,7,10-13,15H2,1-6H3,(H2,22,23,24). The maximum atomic E-state index is 5.55. The molecule has 0 bridgehead atoms. The van der Waals surface area contributed by atoms with Gasteiger partial charge in [0, 0.05) is 25.2 Å². The third kappa shape index (κ3) is 6.56. The Labute approximate surface area is 169 Å². The van der Waals surface area contributed by atoms with Gasteiger partial charge in [-0.1, -0.05) is 6.07 Å². The molecule has 0 aromatic heterocycles. The van der Waals surface area contributed by atoms with E-state index in [1.807, 2.05) is 6.07 Å².